The molecule has 5 heteroatoms. The molecule has 0 spiro atoms. The van der Waals surface area contributed by atoms with E-state index < -0.39 is 6.04 Å². The summed E-state index contributed by atoms with van der Waals surface area (Å²) in [6.07, 6.45) is 0.425. The zero-order valence-electron chi connectivity index (χ0n) is 19.6. The van der Waals surface area contributed by atoms with Crippen LogP contribution in [0.2, 0.25) is 0 Å². The summed E-state index contributed by atoms with van der Waals surface area (Å²) in [6.45, 7) is 6.54. The maximum absolute atomic E-state index is 13.5. The Morgan fingerprint density at radius 3 is 2.15 bits per heavy atom. The molecular formula is C28H32N2O3. The molecule has 0 fully saturated rings. The van der Waals surface area contributed by atoms with Gasteiger partial charge in [-0.15, -0.1) is 0 Å². The molecule has 3 aromatic rings. The number of aryl methyl sites for hydroxylation is 2. The number of rotatable bonds is 10. The van der Waals surface area contributed by atoms with Gasteiger partial charge in [0.05, 0.1) is 0 Å². The Morgan fingerprint density at radius 2 is 1.55 bits per heavy atom. The molecule has 0 radical (unpaired) electrons. The van der Waals surface area contributed by atoms with Crippen LogP contribution in [0.3, 0.4) is 0 Å². The second-order valence-electron chi connectivity index (χ2n) is 8.16. The largest absolute Gasteiger partial charge is 0.483 e. The second-order valence-corrected chi connectivity index (χ2v) is 8.16. The molecule has 3 aromatic carbocycles. The monoisotopic (exact) mass is 444 g/mol. The van der Waals surface area contributed by atoms with Crippen molar-refractivity contribution in [3.8, 4) is 5.75 Å². The van der Waals surface area contributed by atoms with Crippen LogP contribution in [0.15, 0.2) is 78.9 Å². The third-order valence-electron chi connectivity index (χ3n) is 5.50. The van der Waals surface area contributed by atoms with Crippen molar-refractivity contribution in [2.45, 2.75) is 39.8 Å². The van der Waals surface area contributed by atoms with E-state index in [1.54, 1.807) is 4.90 Å². The molecule has 0 saturated carbocycles. The average Bonchev–Trinajstić information content (AvgIpc) is 2.82. The highest BCUT2D eigenvalue weighted by molar-refractivity contribution is 5.88. The first-order valence-electron chi connectivity index (χ1n) is 11.3. The molecule has 172 valence electrons. The SMILES string of the molecule is CCNC(=O)[C@@H](Cc1ccccc1)N(Cc1ccccc1)C(=O)COc1ccc(C)cc1C. The zero-order valence-corrected chi connectivity index (χ0v) is 19.6. The minimum Gasteiger partial charge on any atom is -0.483 e. The standard InChI is InChI=1S/C28H32N2O3/c1-4-29-28(32)25(18-23-11-7-5-8-12-23)30(19-24-13-9-6-10-14-24)27(31)20-33-26-16-15-21(2)17-22(26)3/h5-17,25H,4,18-20H2,1-3H3,(H,29,32)/t25-/m1/s1. The van der Waals surface area contributed by atoms with E-state index in [1.165, 1.54) is 0 Å². The van der Waals surface area contributed by atoms with Gasteiger partial charge in [-0.1, -0.05) is 78.4 Å². The highest BCUT2D eigenvalue weighted by Gasteiger charge is 2.30. The molecule has 33 heavy (non-hydrogen) atoms. The molecule has 0 unspecified atom stereocenters. The van der Waals surface area contributed by atoms with E-state index in [0.717, 1.165) is 22.3 Å². The van der Waals surface area contributed by atoms with E-state index in [1.807, 2.05) is 99.6 Å². The van der Waals surface area contributed by atoms with Gasteiger partial charge in [-0.3, -0.25) is 9.59 Å². The van der Waals surface area contributed by atoms with Crippen LogP contribution < -0.4 is 10.1 Å². The van der Waals surface area contributed by atoms with Crippen molar-refractivity contribution < 1.29 is 14.3 Å². The molecule has 5 nitrogen and oxygen atoms in total. The molecule has 1 N–H and O–H groups in total. The van der Waals surface area contributed by atoms with Crippen LogP contribution in [0.25, 0.3) is 0 Å². The Bertz CT molecular complexity index is 1050. The molecular weight excluding hydrogens is 412 g/mol. The van der Waals surface area contributed by atoms with Gasteiger partial charge in [0.1, 0.15) is 11.8 Å². The molecule has 0 heterocycles. The Labute approximate surface area is 196 Å². The lowest BCUT2D eigenvalue weighted by atomic mass is 10.0. The van der Waals surface area contributed by atoms with Crippen molar-refractivity contribution >= 4 is 11.8 Å². The molecule has 0 aliphatic carbocycles. The van der Waals surface area contributed by atoms with Gasteiger partial charge in [-0.25, -0.2) is 0 Å². The van der Waals surface area contributed by atoms with Crippen molar-refractivity contribution in [3.05, 3.63) is 101 Å². The zero-order chi connectivity index (χ0) is 23.6. The Morgan fingerprint density at radius 1 is 0.909 bits per heavy atom. The molecule has 3 rings (SSSR count). The van der Waals surface area contributed by atoms with Gasteiger partial charge in [0.2, 0.25) is 5.91 Å². The van der Waals surface area contributed by atoms with Gasteiger partial charge in [0.25, 0.3) is 5.91 Å². The maximum atomic E-state index is 13.5. The van der Waals surface area contributed by atoms with Crippen molar-refractivity contribution in [3.63, 3.8) is 0 Å². The van der Waals surface area contributed by atoms with Crippen LogP contribution in [-0.2, 0) is 22.6 Å². The third kappa shape index (κ3) is 6.94. The molecule has 2 amide bonds. The number of carbonyl (C=O) groups excluding carboxylic acids is 2. The quantitative estimate of drug-likeness (QED) is 0.502. The van der Waals surface area contributed by atoms with Crippen LogP contribution in [0.1, 0.15) is 29.2 Å². The van der Waals surface area contributed by atoms with E-state index in [-0.39, 0.29) is 18.4 Å². The number of nitrogens with one attached hydrogen (secondary N) is 1. The summed E-state index contributed by atoms with van der Waals surface area (Å²) in [5.41, 5.74) is 4.06. The van der Waals surface area contributed by atoms with E-state index in [9.17, 15) is 9.59 Å². The first-order chi connectivity index (χ1) is 16.0. The van der Waals surface area contributed by atoms with Gasteiger partial charge in [0, 0.05) is 19.5 Å². The highest BCUT2D eigenvalue weighted by Crippen LogP contribution is 2.20. The predicted octanol–water partition coefficient (Wildman–Crippen LogP) is 4.46. The Balaban J connectivity index is 1.87. The fourth-order valence-electron chi connectivity index (χ4n) is 3.81. The van der Waals surface area contributed by atoms with Crippen molar-refractivity contribution in [2.75, 3.05) is 13.2 Å². The molecule has 0 aliphatic rings. The third-order valence-corrected chi connectivity index (χ3v) is 5.50. The smallest absolute Gasteiger partial charge is 0.261 e. The molecule has 0 aromatic heterocycles. The lowest BCUT2D eigenvalue weighted by Gasteiger charge is -2.31. The topological polar surface area (TPSA) is 58.6 Å². The van der Waals surface area contributed by atoms with Crippen LogP contribution in [0.4, 0.5) is 0 Å². The number of amides is 2. The van der Waals surface area contributed by atoms with Gasteiger partial charge in [-0.05, 0) is 43.5 Å². The first-order valence-corrected chi connectivity index (χ1v) is 11.3. The molecule has 0 aliphatic heterocycles. The van der Waals surface area contributed by atoms with Gasteiger partial charge in [-0.2, -0.15) is 0 Å². The predicted molar refractivity (Wildman–Crippen MR) is 131 cm³/mol. The second kappa shape index (κ2) is 11.9. The van der Waals surface area contributed by atoms with E-state index in [2.05, 4.69) is 5.32 Å². The van der Waals surface area contributed by atoms with Crippen molar-refractivity contribution in [1.82, 2.24) is 10.2 Å². The number of hydrogen-bond donors (Lipinski definition) is 1. The minimum atomic E-state index is -0.650. The highest BCUT2D eigenvalue weighted by atomic mass is 16.5. The fraction of sp³-hybridized carbons (Fsp3) is 0.286. The van der Waals surface area contributed by atoms with Crippen LogP contribution in [-0.4, -0.2) is 35.9 Å². The Kier molecular flexibility index (Phi) is 8.64. The summed E-state index contributed by atoms with van der Waals surface area (Å²) in [5.74, 6) is 0.273. The van der Waals surface area contributed by atoms with Crippen molar-refractivity contribution in [1.29, 1.82) is 0 Å². The van der Waals surface area contributed by atoms with E-state index >= 15 is 0 Å². The van der Waals surface area contributed by atoms with Gasteiger partial charge in [0.15, 0.2) is 6.61 Å². The normalized spacial score (nSPS) is 11.5. The molecule has 0 saturated heterocycles. The van der Waals surface area contributed by atoms with E-state index in [0.29, 0.717) is 25.3 Å². The van der Waals surface area contributed by atoms with Crippen LogP contribution in [0.5, 0.6) is 5.75 Å². The van der Waals surface area contributed by atoms with Gasteiger partial charge < -0.3 is 15.0 Å². The summed E-state index contributed by atoms with van der Waals surface area (Å²) in [7, 11) is 0. The first kappa shape index (κ1) is 24.1. The van der Waals surface area contributed by atoms with Crippen LogP contribution in [0, 0.1) is 13.8 Å². The fourth-order valence-corrected chi connectivity index (χ4v) is 3.81. The number of nitrogens with zero attached hydrogens (tertiary/aromatic N) is 1. The van der Waals surface area contributed by atoms with Gasteiger partial charge >= 0.3 is 0 Å². The number of hydrogen-bond acceptors (Lipinski definition) is 3. The van der Waals surface area contributed by atoms with Crippen molar-refractivity contribution in [2.24, 2.45) is 0 Å². The lowest BCUT2D eigenvalue weighted by molar-refractivity contribution is -0.142. The number of ether oxygens (including phenoxy) is 1. The minimum absolute atomic E-state index is 0.137. The summed E-state index contributed by atoms with van der Waals surface area (Å²) >= 11 is 0. The Hall–Kier alpha value is -3.60. The molecule has 1 atom stereocenters. The molecule has 0 bridgehead atoms. The maximum Gasteiger partial charge on any atom is 0.261 e. The summed E-state index contributed by atoms with van der Waals surface area (Å²) in [6, 6.07) is 24.7. The lowest BCUT2D eigenvalue weighted by Crippen LogP contribution is -2.51. The number of benzene rings is 3. The van der Waals surface area contributed by atoms with Crippen LogP contribution >= 0.6 is 0 Å². The summed E-state index contributed by atoms with van der Waals surface area (Å²) < 4.78 is 5.89. The summed E-state index contributed by atoms with van der Waals surface area (Å²) in [4.78, 5) is 28.2. The average molecular weight is 445 g/mol. The number of carbonyl (C=O) groups is 2. The summed E-state index contributed by atoms with van der Waals surface area (Å²) in [5, 5.41) is 2.90. The number of likely N-dealkylation sites (N-methyl/N-ethyl adjacent to an activating group) is 1. The van der Waals surface area contributed by atoms with E-state index in [4.69, 9.17) is 4.74 Å².